The van der Waals surface area contributed by atoms with Crippen LogP contribution in [0.25, 0.3) is 11.0 Å². The van der Waals surface area contributed by atoms with Crippen LogP contribution in [0.1, 0.15) is 0 Å². The molecule has 0 radical (unpaired) electrons. The van der Waals surface area contributed by atoms with Crippen LogP contribution in [-0.4, -0.2) is 22.3 Å². The van der Waals surface area contributed by atoms with E-state index in [2.05, 4.69) is 9.97 Å². The Labute approximate surface area is 98.1 Å². The molecule has 16 heavy (non-hydrogen) atoms. The number of hydrogen-bond acceptors (Lipinski definition) is 4. The average Bonchev–Trinajstić information content (AvgIpc) is 2.66. The summed E-state index contributed by atoms with van der Waals surface area (Å²) in [5, 5.41) is 0.905. The van der Waals surface area contributed by atoms with Crippen LogP contribution in [0.2, 0.25) is 0 Å². The highest BCUT2D eigenvalue weighted by atomic mass is 32.2. The lowest BCUT2D eigenvalue weighted by Crippen LogP contribution is -1.92. The predicted molar refractivity (Wildman–Crippen MR) is 69.4 cm³/mol. The van der Waals surface area contributed by atoms with Crippen molar-refractivity contribution in [3.63, 3.8) is 0 Å². The molecule has 0 unspecified atom stereocenters. The number of nitrogens with one attached hydrogen (secondary N) is 1. The van der Waals surface area contributed by atoms with Gasteiger partial charge in [0.25, 0.3) is 0 Å². The molecule has 5 heteroatoms. The van der Waals surface area contributed by atoms with Crippen LogP contribution in [0.15, 0.2) is 35.5 Å². The van der Waals surface area contributed by atoms with Crippen molar-refractivity contribution in [1.29, 1.82) is 0 Å². The van der Waals surface area contributed by atoms with Gasteiger partial charge in [-0.25, -0.2) is 4.98 Å². The van der Waals surface area contributed by atoms with Crippen molar-refractivity contribution in [3.05, 3.63) is 30.4 Å². The minimum absolute atomic E-state index is 0.581. The number of nitrogens with zero attached hydrogens (tertiary/aromatic N) is 1. The fraction of sp³-hybridized carbons (Fsp3) is 0.182. The predicted octanol–water partition coefficient (Wildman–Crippen LogP) is 1.75. The number of benzene rings is 1. The fourth-order valence-electron chi connectivity index (χ4n) is 1.36. The van der Waals surface area contributed by atoms with Crippen molar-refractivity contribution in [3.8, 4) is 0 Å². The van der Waals surface area contributed by atoms with E-state index in [4.69, 9.17) is 11.5 Å². The molecule has 5 N–H and O–H groups in total. The van der Waals surface area contributed by atoms with E-state index in [-0.39, 0.29) is 0 Å². The molecule has 0 fully saturated rings. The van der Waals surface area contributed by atoms with Gasteiger partial charge in [0.1, 0.15) is 0 Å². The lowest BCUT2D eigenvalue weighted by molar-refractivity contribution is 1.08. The minimum Gasteiger partial charge on any atom is -0.399 e. The summed E-state index contributed by atoms with van der Waals surface area (Å²) in [6, 6.07) is 5.66. The molecule has 4 nitrogen and oxygen atoms in total. The number of imidazole rings is 1. The van der Waals surface area contributed by atoms with Gasteiger partial charge in [0, 0.05) is 18.0 Å². The van der Waals surface area contributed by atoms with Crippen LogP contribution < -0.4 is 11.5 Å². The molecule has 1 heterocycles. The summed E-state index contributed by atoms with van der Waals surface area (Å²) in [7, 11) is 0. The number of thioether (sulfide) groups is 1. The van der Waals surface area contributed by atoms with Crippen molar-refractivity contribution in [2.24, 2.45) is 5.73 Å². The van der Waals surface area contributed by atoms with E-state index < -0.39 is 0 Å². The van der Waals surface area contributed by atoms with E-state index >= 15 is 0 Å². The van der Waals surface area contributed by atoms with Gasteiger partial charge in [-0.3, -0.25) is 0 Å². The van der Waals surface area contributed by atoms with E-state index in [1.807, 2.05) is 30.4 Å². The normalized spacial score (nSPS) is 11.6. The van der Waals surface area contributed by atoms with E-state index in [1.54, 1.807) is 11.8 Å². The molecule has 0 spiro atoms. The topological polar surface area (TPSA) is 80.7 Å². The summed E-state index contributed by atoms with van der Waals surface area (Å²) in [5.41, 5.74) is 13.7. The van der Waals surface area contributed by atoms with Gasteiger partial charge in [-0.05, 0) is 18.2 Å². The molecular formula is C11H14N4S. The van der Waals surface area contributed by atoms with Gasteiger partial charge in [0.2, 0.25) is 0 Å². The quantitative estimate of drug-likeness (QED) is 0.428. The zero-order valence-corrected chi connectivity index (χ0v) is 9.63. The molecule has 0 atom stereocenters. The molecule has 0 saturated carbocycles. The molecule has 0 amide bonds. The molecule has 0 bridgehead atoms. The van der Waals surface area contributed by atoms with Crippen molar-refractivity contribution in [2.45, 2.75) is 5.16 Å². The maximum Gasteiger partial charge on any atom is 0.166 e. The average molecular weight is 234 g/mol. The molecule has 1 aromatic heterocycles. The van der Waals surface area contributed by atoms with Crippen LogP contribution in [0.4, 0.5) is 5.69 Å². The summed E-state index contributed by atoms with van der Waals surface area (Å²) >= 11 is 1.64. The summed E-state index contributed by atoms with van der Waals surface area (Å²) in [4.78, 5) is 7.66. The first-order valence-electron chi connectivity index (χ1n) is 5.02. The molecule has 84 valence electrons. The Morgan fingerprint density at radius 3 is 3.06 bits per heavy atom. The molecule has 1 aromatic carbocycles. The molecule has 2 aromatic rings. The first kappa shape index (κ1) is 11.0. The molecule has 0 aliphatic carbocycles. The Morgan fingerprint density at radius 2 is 2.25 bits per heavy atom. The van der Waals surface area contributed by atoms with Gasteiger partial charge in [-0.1, -0.05) is 23.9 Å². The molecule has 0 saturated heterocycles. The number of hydrogen-bond donors (Lipinski definition) is 3. The third-order valence-corrected chi connectivity index (χ3v) is 2.93. The highest BCUT2D eigenvalue weighted by molar-refractivity contribution is 7.99. The van der Waals surface area contributed by atoms with Gasteiger partial charge in [-0.2, -0.15) is 0 Å². The van der Waals surface area contributed by atoms with Crippen LogP contribution in [0.3, 0.4) is 0 Å². The smallest absolute Gasteiger partial charge is 0.166 e. The molecular weight excluding hydrogens is 220 g/mol. The Bertz CT molecular complexity index is 504. The molecule has 2 rings (SSSR count). The van der Waals surface area contributed by atoms with Crippen molar-refractivity contribution in [2.75, 3.05) is 18.0 Å². The standard InChI is InChI=1S/C11H14N4S/c12-5-1-2-6-16-11-14-9-4-3-8(13)7-10(9)15-11/h1-4,7H,5-6,12-13H2,(H,14,15)/b2-1+. The highest BCUT2D eigenvalue weighted by Crippen LogP contribution is 2.20. The lowest BCUT2D eigenvalue weighted by Gasteiger charge is -1.90. The highest BCUT2D eigenvalue weighted by Gasteiger charge is 2.02. The first-order valence-corrected chi connectivity index (χ1v) is 6.01. The summed E-state index contributed by atoms with van der Waals surface area (Å²) in [6.45, 7) is 0.581. The fourth-order valence-corrected chi connectivity index (χ4v) is 2.10. The number of nitrogens with two attached hydrogens (primary N) is 2. The molecule has 0 aliphatic rings. The Morgan fingerprint density at radius 1 is 1.38 bits per heavy atom. The number of fused-ring (bicyclic) bond motifs is 1. The first-order chi connectivity index (χ1) is 7.79. The zero-order chi connectivity index (χ0) is 11.4. The maximum atomic E-state index is 5.69. The van der Waals surface area contributed by atoms with Crippen LogP contribution in [0, 0.1) is 0 Å². The van der Waals surface area contributed by atoms with Crippen LogP contribution in [-0.2, 0) is 0 Å². The van der Waals surface area contributed by atoms with Gasteiger partial charge in [0.05, 0.1) is 11.0 Å². The number of aromatic nitrogens is 2. The number of anilines is 1. The van der Waals surface area contributed by atoms with E-state index in [0.29, 0.717) is 6.54 Å². The molecule has 0 aliphatic heterocycles. The monoisotopic (exact) mass is 234 g/mol. The summed E-state index contributed by atoms with van der Waals surface area (Å²) < 4.78 is 0. The van der Waals surface area contributed by atoms with Gasteiger partial charge in [0.15, 0.2) is 5.16 Å². The summed E-state index contributed by atoms with van der Waals surface area (Å²) in [5.74, 6) is 0.868. The Balaban J connectivity index is 2.11. The van der Waals surface area contributed by atoms with Gasteiger partial charge >= 0.3 is 0 Å². The third-order valence-electron chi connectivity index (χ3n) is 2.10. The number of nitrogen functional groups attached to an aromatic ring is 1. The van der Waals surface area contributed by atoms with Crippen LogP contribution in [0.5, 0.6) is 0 Å². The van der Waals surface area contributed by atoms with Crippen molar-refractivity contribution >= 4 is 28.5 Å². The van der Waals surface area contributed by atoms with Gasteiger partial charge < -0.3 is 16.5 Å². The van der Waals surface area contributed by atoms with E-state index in [9.17, 15) is 0 Å². The SMILES string of the molecule is NC/C=C/CSc1nc2ccc(N)cc2[nH]1. The van der Waals surface area contributed by atoms with Crippen molar-refractivity contribution < 1.29 is 0 Å². The second-order valence-electron chi connectivity index (χ2n) is 3.34. The largest absolute Gasteiger partial charge is 0.399 e. The van der Waals surface area contributed by atoms with Gasteiger partial charge in [-0.15, -0.1) is 0 Å². The number of H-pyrrole nitrogens is 1. The summed E-state index contributed by atoms with van der Waals surface area (Å²) in [6.07, 6.45) is 3.97. The van der Waals surface area contributed by atoms with E-state index in [1.165, 1.54) is 0 Å². The van der Waals surface area contributed by atoms with Crippen LogP contribution >= 0.6 is 11.8 Å². The van der Waals surface area contributed by atoms with E-state index in [0.717, 1.165) is 27.6 Å². The second-order valence-corrected chi connectivity index (χ2v) is 4.35. The Kier molecular flexibility index (Phi) is 3.48. The maximum absolute atomic E-state index is 5.69. The Hall–Kier alpha value is -1.46. The third kappa shape index (κ3) is 2.56. The second kappa shape index (κ2) is 5.05. The zero-order valence-electron chi connectivity index (χ0n) is 8.81. The lowest BCUT2D eigenvalue weighted by atomic mass is 10.3. The van der Waals surface area contributed by atoms with Crippen molar-refractivity contribution in [1.82, 2.24) is 9.97 Å². The number of rotatable bonds is 4. The minimum atomic E-state index is 0.581. The number of aromatic amines is 1.